The van der Waals surface area contributed by atoms with Gasteiger partial charge in [-0.15, -0.1) is 0 Å². The van der Waals surface area contributed by atoms with Crippen LogP contribution in [-0.2, 0) is 4.79 Å². The molecule has 0 heterocycles. The Bertz CT molecular complexity index is 224. The van der Waals surface area contributed by atoms with E-state index in [2.05, 4.69) is 5.32 Å². The zero-order chi connectivity index (χ0) is 9.40. The first-order valence-corrected chi connectivity index (χ1v) is 4.11. The molecular weight excluding hydrogens is 150 g/mol. The topological polar surface area (TPSA) is 29.1 Å². The Morgan fingerprint density at radius 3 is 2.17 bits per heavy atom. The molecule has 1 rings (SSSR count). The summed E-state index contributed by atoms with van der Waals surface area (Å²) < 4.78 is 0. The third kappa shape index (κ3) is 4.50. The first-order valence-electron chi connectivity index (χ1n) is 4.11. The Hall–Kier alpha value is -1.31. The van der Waals surface area contributed by atoms with Crippen LogP contribution in [0.15, 0.2) is 30.3 Å². The molecule has 0 saturated heterocycles. The summed E-state index contributed by atoms with van der Waals surface area (Å²) in [5, 5.41) is 2.67. The van der Waals surface area contributed by atoms with Gasteiger partial charge in [0.1, 0.15) is 0 Å². The minimum Gasteiger partial charge on any atom is -0.326 e. The molecule has 2 nitrogen and oxygen atoms in total. The van der Waals surface area contributed by atoms with Gasteiger partial charge in [-0.2, -0.15) is 0 Å². The second kappa shape index (κ2) is 6.40. The molecule has 0 aliphatic carbocycles. The van der Waals surface area contributed by atoms with Crippen LogP contribution >= 0.6 is 0 Å². The number of hydrogen-bond acceptors (Lipinski definition) is 1. The lowest BCUT2D eigenvalue weighted by Gasteiger charge is -1.98. The number of amides is 1. The number of carbonyl (C=O) groups excluding carboxylic acids is 1. The molecule has 0 bridgehead atoms. The Morgan fingerprint density at radius 1 is 1.25 bits per heavy atom. The molecule has 68 valence electrons. The molecule has 0 atom stereocenters. The van der Waals surface area contributed by atoms with E-state index >= 15 is 0 Å². The van der Waals surface area contributed by atoms with Crippen molar-refractivity contribution < 1.29 is 6.22 Å². The number of para-hydroxylation sites is 1. The van der Waals surface area contributed by atoms with Gasteiger partial charge in [-0.1, -0.05) is 32.0 Å². The minimum absolute atomic E-state index is 0. The van der Waals surface area contributed by atoms with Crippen LogP contribution < -0.4 is 5.32 Å². The smallest absolute Gasteiger partial charge is 0.221 e. The fourth-order valence-corrected chi connectivity index (χ4v) is 0.725. The largest absolute Gasteiger partial charge is 0.326 e. The van der Waals surface area contributed by atoms with Crippen molar-refractivity contribution in [3.05, 3.63) is 30.3 Å². The van der Waals surface area contributed by atoms with Crippen molar-refractivity contribution in [1.82, 2.24) is 0 Å². The molecule has 12 heavy (non-hydrogen) atoms. The van der Waals surface area contributed by atoms with E-state index in [9.17, 15) is 4.79 Å². The highest BCUT2D eigenvalue weighted by Crippen LogP contribution is 2.03. The van der Waals surface area contributed by atoms with Crippen molar-refractivity contribution in [2.24, 2.45) is 0 Å². The lowest BCUT2D eigenvalue weighted by molar-refractivity contribution is -0.114. The van der Waals surface area contributed by atoms with E-state index in [1.165, 1.54) is 6.92 Å². The van der Waals surface area contributed by atoms with E-state index in [0.29, 0.717) is 0 Å². The number of benzene rings is 1. The highest BCUT2D eigenvalue weighted by atomic mass is 16.1. The average Bonchev–Trinajstić information content (AvgIpc) is 2.08. The highest BCUT2D eigenvalue weighted by molar-refractivity contribution is 5.88. The summed E-state index contributed by atoms with van der Waals surface area (Å²) >= 11 is 0. The van der Waals surface area contributed by atoms with Gasteiger partial charge in [0.25, 0.3) is 0 Å². The number of hydrogen-bond donors (Lipinski definition) is 1. The van der Waals surface area contributed by atoms with E-state index in [4.69, 9.17) is 0 Å². The predicted octanol–water partition coefficient (Wildman–Crippen LogP) is 2.92. The normalized spacial score (nSPS) is 7.92. The maximum Gasteiger partial charge on any atom is 0.221 e. The van der Waals surface area contributed by atoms with E-state index in [1.807, 2.05) is 44.2 Å². The predicted molar refractivity (Wildman–Crippen MR) is 54.2 cm³/mol. The van der Waals surface area contributed by atoms with Gasteiger partial charge in [0.05, 0.1) is 0 Å². The fraction of sp³-hybridized carbons (Fsp3) is 0.300. The average molecular weight is 167 g/mol. The van der Waals surface area contributed by atoms with Crippen LogP contribution in [0.5, 0.6) is 0 Å². The van der Waals surface area contributed by atoms with Crippen LogP contribution in [-0.4, -0.2) is 5.91 Å². The minimum atomic E-state index is -0.0359. The zero-order valence-electron chi connectivity index (χ0n) is 7.79. The molecule has 0 unspecified atom stereocenters. The molecule has 1 amide bonds. The summed E-state index contributed by atoms with van der Waals surface area (Å²) in [6.45, 7) is 5.49. The van der Waals surface area contributed by atoms with Gasteiger partial charge in [-0.05, 0) is 12.1 Å². The van der Waals surface area contributed by atoms with Crippen LogP contribution in [0.4, 0.5) is 5.69 Å². The van der Waals surface area contributed by atoms with Gasteiger partial charge in [0.15, 0.2) is 0 Å². The molecular formula is C10H17NO. The van der Waals surface area contributed by atoms with Crippen LogP contribution in [0.3, 0.4) is 0 Å². The van der Waals surface area contributed by atoms with Gasteiger partial charge in [0, 0.05) is 14.0 Å². The lowest BCUT2D eigenvalue weighted by atomic mass is 10.3. The molecule has 2 heteroatoms. The molecule has 0 saturated carbocycles. The summed E-state index contributed by atoms with van der Waals surface area (Å²) in [6, 6.07) is 9.37. The zero-order valence-corrected chi connectivity index (χ0v) is 7.79. The maximum absolute atomic E-state index is 10.5. The van der Waals surface area contributed by atoms with Crippen molar-refractivity contribution in [3.8, 4) is 0 Å². The van der Waals surface area contributed by atoms with Crippen LogP contribution in [0, 0.1) is 0 Å². The van der Waals surface area contributed by atoms with Crippen molar-refractivity contribution >= 4 is 11.6 Å². The van der Waals surface area contributed by atoms with E-state index in [-0.39, 0.29) is 7.33 Å². The summed E-state index contributed by atoms with van der Waals surface area (Å²) in [4.78, 5) is 10.5. The standard InChI is InChI=1S/C8H9NO.C2H6.H2/c1-7(10)9-8-5-3-2-4-6-8;1-2;/h2-6H,1H3,(H,9,10);1-2H3;1H. The van der Waals surface area contributed by atoms with Crippen LogP contribution in [0.1, 0.15) is 22.2 Å². The molecule has 0 aromatic heterocycles. The van der Waals surface area contributed by atoms with Crippen molar-refractivity contribution in [2.45, 2.75) is 20.8 Å². The Labute approximate surface area is 75.1 Å². The quantitative estimate of drug-likeness (QED) is 0.684. The van der Waals surface area contributed by atoms with E-state index in [0.717, 1.165) is 5.69 Å². The van der Waals surface area contributed by atoms with E-state index < -0.39 is 0 Å². The Kier molecular flexibility index (Phi) is 5.70. The molecule has 1 N–H and O–H groups in total. The molecule has 0 fully saturated rings. The first kappa shape index (κ1) is 10.7. The third-order valence-corrected chi connectivity index (χ3v) is 1.09. The molecule has 0 spiro atoms. The van der Waals surface area contributed by atoms with Gasteiger partial charge < -0.3 is 5.32 Å². The second-order valence-electron chi connectivity index (χ2n) is 2.05. The number of nitrogens with one attached hydrogen (secondary N) is 1. The third-order valence-electron chi connectivity index (χ3n) is 1.09. The Morgan fingerprint density at radius 2 is 1.75 bits per heavy atom. The van der Waals surface area contributed by atoms with Gasteiger partial charge in [-0.3, -0.25) is 4.79 Å². The van der Waals surface area contributed by atoms with Gasteiger partial charge >= 0.3 is 0 Å². The number of anilines is 1. The lowest BCUT2D eigenvalue weighted by Crippen LogP contribution is -2.04. The molecule has 1 aromatic carbocycles. The number of carbonyl (C=O) groups is 1. The summed E-state index contributed by atoms with van der Waals surface area (Å²) in [5.41, 5.74) is 0.843. The first-order chi connectivity index (χ1) is 5.79. The van der Waals surface area contributed by atoms with Crippen molar-refractivity contribution in [1.29, 1.82) is 0 Å². The van der Waals surface area contributed by atoms with Gasteiger partial charge in [-0.25, -0.2) is 0 Å². The monoisotopic (exact) mass is 167 g/mol. The van der Waals surface area contributed by atoms with Crippen molar-refractivity contribution in [2.75, 3.05) is 5.32 Å². The Balaban J connectivity index is 0. The second-order valence-corrected chi connectivity index (χ2v) is 2.05. The highest BCUT2D eigenvalue weighted by Gasteiger charge is 1.90. The summed E-state index contributed by atoms with van der Waals surface area (Å²) in [6.07, 6.45) is 0. The SMILES string of the molecule is CC.CC(=O)Nc1ccccc1.[HH]. The summed E-state index contributed by atoms with van der Waals surface area (Å²) in [7, 11) is 0. The summed E-state index contributed by atoms with van der Waals surface area (Å²) in [5.74, 6) is -0.0359. The maximum atomic E-state index is 10.5. The molecule has 0 aliphatic rings. The molecule has 0 radical (unpaired) electrons. The van der Waals surface area contributed by atoms with Crippen molar-refractivity contribution in [3.63, 3.8) is 0 Å². The van der Waals surface area contributed by atoms with Crippen LogP contribution in [0.25, 0.3) is 0 Å². The van der Waals surface area contributed by atoms with E-state index in [1.54, 1.807) is 0 Å². The number of rotatable bonds is 1. The van der Waals surface area contributed by atoms with Crippen LogP contribution in [0.2, 0.25) is 0 Å². The van der Waals surface area contributed by atoms with Gasteiger partial charge in [0.2, 0.25) is 5.91 Å². The molecule has 1 aromatic rings. The fourth-order valence-electron chi connectivity index (χ4n) is 0.725. The molecule has 0 aliphatic heterocycles.